The molecule has 44 heavy (non-hydrogen) atoms. The Balaban J connectivity index is 1.35. The molecule has 0 amide bonds. The van der Waals surface area contributed by atoms with Gasteiger partial charge >= 0.3 is 0 Å². The van der Waals surface area contributed by atoms with Crippen LogP contribution in [0, 0.1) is 0 Å². The normalized spacial score (nSPS) is 12.5. The molecule has 1 aromatic heterocycles. The van der Waals surface area contributed by atoms with E-state index in [-0.39, 0.29) is 0 Å². The van der Waals surface area contributed by atoms with E-state index in [0.717, 1.165) is 34.0 Å². The maximum atomic E-state index is 5.33. The first kappa shape index (κ1) is 23.6. The standard InChI is InChI=1S/C41H25N3/c1-2-12-27-24-40-36(23-26(27)11-1)34-17-7-9-19-38(34)43(41-42-37-18-8-10-20-39(37)44(40)41)28-21-22-33-31-15-4-3-13-29(31)30-14-5-6-16-32(30)35(33)25-28/h1-25H. The van der Waals surface area contributed by atoms with E-state index in [0.29, 0.717) is 0 Å². The Morgan fingerprint density at radius 1 is 0.409 bits per heavy atom. The second-order valence-corrected chi connectivity index (χ2v) is 11.6. The van der Waals surface area contributed by atoms with E-state index < -0.39 is 0 Å². The summed E-state index contributed by atoms with van der Waals surface area (Å²) < 4.78 is 2.35. The highest BCUT2D eigenvalue weighted by molar-refractivity contribution is 6.25. The molecule has 0 bridgehead atoms. The Kier molecular flexibility index (Phi) is 4.72. The number of aromatic nitrogens is 2. The largest absolute Gasteiger partial charge is 0.280 e. The summed E-state index contributed by atoms with van der Waals surface area (Å²) in [5, 5.41) is 10.0. The minimum absolute atomic E-state index is 0.886. The summed E-state index contributed by atoms with van der Waals surface area (Å²) in [5.41, 5.74) is 7.79. The van der Waals surface area contributed by atoms with Gasteiger partial charge in [0.1, 0.15) is 0 Å². The van der Waals surface area contributed by atoms with Gasteiger partial charge in [-0.2, -0.15) is 0 Å². The summed E-state index contributed by atoms with van der Waals surface area (Å²) in [6, 6.07) is 54.9. The lowest BCUT2D eigenvalue weighted by Crippen LogP contribution is -2.14. The van der Waals surface area contributed by atoms with Gasteiger partial charge in [-0.15, -0.1) is 0 Å². The van der Waals surface area contributed by atoms with Crippen LogP contribution in [-0.4, -0.2) is 9.55 Å². The van der Waals surface area contributed by atoms with E-state index in [4.69, 9.17) is 4.98 Å². The molecule has 0 saturated carbocycles. The maximum absolute atomic E-state index is 5.33. The number of anilines is 3. The lowest BCUT2D eigenvalue weighted by molar-refractivity contribution is 1.05. The third-order valence-electron chi connectivity index (χ3n) is 9.27. The molecule has 0 aliphatic carbocycles. The van der Waals surface area contributed by atoms with Crippen molar-refractivity contribution >= 4 is 71.4 Å². The molecule has 0 saturated heterocycles. The van der Waals surface area contributed by atoms with Crippen LogP contribution in [0.25, 0.3) is 70.9 Å². The third kappa shape index (κ3) is 3.18. The maximum Gasteiger partial charge on any atom is 0.220 e. The average molecular weight is 560 g/mol. The molecular formula is C41H25N3. The minimum atomic E-state index is 0.886. The Morgan fingerprint density at radius 2 is 1.00 bits per heavy atom. The number of para-hydroxylation sites is 3. The van der Waals surface area contributed by atoms with Gasteiger partial charge in [-0.05, 0) is 85.6 Å². The summed E-state index contributed by atoms with van der Waals surface area (Å²) in [6.07, 6.45) is 0. The Labute approximate surface area is 253 Å². The highest BCUT2D eigenvalue weighted by atomic mass is 15.3. The zero-order chi connectivity index (χ0) is 28.8. The number of benzene rings is 8. The Hall–Kier alpha value is -5.93. The van der Waals surface area contributed by atoms with E-state index in [1.165, 1.54) is 54.2 Å². The summed E-state index contributed by atoms with van der Waals surface area (Å²) in [5.74, 6) is 0.886. The predicted molar refractivity (Wildman–Crippen MR) is 185 cm³/mol. The molecule has 0 fully saturated rings. The van der Waals surface area contributed by atoms with Crippen molar-refractivity contribution < 1.29 is 0 Å². The van der Waals surface area contributed by atoms with Crippen LogP contribution < -0.4 is 4.90 Å². The lowest BCUT2D eigenvalue weighted by atomic mass is 9.94. The summed E-state index contributed by atoms with van der Waals surface area (Å²) in [6.45, 7) is 0. The molecule has 8 aromatic carbocycles. The van der Waals surface area contributed by atoms with Crippen molar-refractivity contribution in [1.29, 1.82) is 0 Å². The molecule has 1 aliphatic rings. The smallest absolute Gasteiger partial charge is 0.220 e. The first-order valence-electron chi connectivity index (χ1n) is 15.1. The average Bonchev–Trinajstić information content (AvgIpc) is 3.42. The molecule has 0 spiro atoms. The van der Waals surface area contributed by atoms with Crippen molar-refractivity contribution in [1.82, 2.24) is 9.55 Å². The number of hydrogen-bond acceptors (Lipinski definition) is 2. The van der Waals surface area contributed by atoms with E-state index in [9.17, 15) is 0 Å². The molecule has 0 unspecified atom stereocenters. The zero-order valence-electron chi connectivity index (χ0n) is 23.8. The molecule has 10 rings (SSSR count). The van der Waals surface area contributed by atoms with Crippen molar-refractivity contribution in [3.8, 4) is 16.8 Å². The van der Waals surface area contributed by atoms with Crippen LogP contribution in [0.3, 0.4) is 0 Å². The first-order chi connectivity index (χ1) is 21.8. The highest BCUT2D eigenvalue weighted by Gasteiger charge is 2.29. The second-order valence-electron chi connectivity index (χ2n) is 11.6. The molecule has 204 valence electrons. The minimum Gasteiger partial charge on any atom is -0.280 e. The van der Waals surface area contributed by atoms with Gasteiger partial charge < -0.3 is 0 Å². The number of imidazole rings is 1. The number of hydrogen-bond donors (Lipinski definition) is 0. The predicted octanol–water partition coefficient (Wildman–Crippen LogP) is 11.1. The van der Waals surface area contributed by atoms with Crippen LogP contribution in [0.1, 0.15) is 0 Å². The molecule has 0 radical (unpaired) electrons. The first-order valence-corrected chi connectivity index (χ1v) is 15.1. The molecule has 1 aliphatic heterocycles. The van der Waals surface area contributed by atoms with Crippen LogP contribution in [-0.2, 0) is 0 Å². The SMILES string of the molecule is c1ccc2c(c1)-c1cc3ccccc3cc1-n1c(nc3ccccc31)N2c1ccc2c3ccccc3c3ccccc3c2c1. The molecule has 0 atom stereocenters. The fraction of sp³-hybridized carbons (Fsp3) is 0. The number of nitrogens with zero attached hydrogens (tertiary/aromatic N) is 3. The summed E-state index contributed by atoms with van der Waals surface area (Å²) >= 11 is 0. The zero-order valence-corrected chi connectivity index (χ0v) is 23.8. The monoisotopic (exact) mass is 559 g/mol. The number of rotatable bonds is 1. The topological polar surface area (TPSA) is 21.1 Å². The van der Waals surface area contributed by atoms with Gasteiger partial charge in [0.15, 0.2) is 0 Å². The molecule has 0 N–H and O–H groups in total. The van der Waals surface area contributed by atoms with Crippen molar-refractivity contribution in [2.75, 3.05) is 4.90 Å². The molecule has 3 heteroatoms. The third-order valence-corrected chi connectivity index (χ3v) is 9.27. The van der Waals surface area contributed by atoms with Gasteiger partial charge in [-0.1, -0.05) is 109 Å². The molecular weight excluding hydrogens is 534 g/mol. The van der Waals surface area contributed by atoms with Crippen molar-refractivity contribution in [3.05, 3.63) is 152 Å². The fourth-order valence-corrected chi connectivity index (χ4v) is 7.32. The van der Waals surface area contributed by atoms with Crippen LogP contribution >= 0.6 is 0 Å². The van der Waals surface area contributed by atoms with Gasteiger partial charge in [-0.3, -0.25) is 9.47 Å². The highest BCUT2D eigenvalue weighted by Crippen LogP contribution is 2.49. The second kappa shape index (κ2) is 8.79. The molecule has 3 nitrogen and oxygen atoms in total. The quantitative estimate of drug-likeness (QED) is 0.187. The number of fused-ring (bicyclic) bond motifs is 14. The van der Waals surface area contributed by atoms with Gasteiger partial charge in [0.25, 0.3) is 0 Å². The summed E-state index contributed by atoms with van der Waals surface area (Å²) in [7, 11) is 0. The fourth-order valence-electron chi connectivity index (χ4n) is 7.32. The van der Waals surface area contributed by atoms with E-state index >= 15 is 0 Å². The lowest BCUT2D eigenvalue weighted by Gasteiger charge is -2.25. The van der Waals surface area contributed by atoms with Crippen LogP contribution in [0.2, 0.25) is 0 Å². The Bertz CT molecular complexity index is 2590. The van der Waals surface area contributed by atoms with Gasteiger partial charge in [0.05, 0.1) is 22.4 Å². The summed E-state index contributed by atoms with van der Waals surface area (Å²) in [4.78, 5) is 7.68. The van der Waals surface area contributed by atoms with Crippen LogP contribution in [0.4, 0.5) is 17.3 Å². The van der Waals surface area contributed by atoms with Gasteiger partial charge in [-0.25, -0.2) is 4.98 Å². The van der Waals surface area contributed by atoms with E-state index in [2.05, 4.69) is 161 Å². The van der Waals surface area contributed by atoms with E-state index in [1.807, 2.05) is 0 Å². The van der Waals surface area contributed by atoms with Gasteiger partial charge in [0, 0.05) is 16.8 Å². The van der Waals surface area contributed by atoms with Gasteiger partial charge in [0.2, 0.25) is 5.95 Å². The molecule has 9 aromatic rings. The van der Waals surface area contributed by atoms with Crippen molar-refractivity contribution in [2.24, 2.45) is 0 Å². The van der Waals surface area contributed by atoms with Crippen molar-refractivity contribution in [3.63, 3.8) is 0 Å². The Morgan fingerprint density at radius 3 is 1.77 bits per heavy atom. The van der Waals surface area contributed by atoms with E-state index in [1.54, 1.807) is 0 Å². The molecule has 2 heterocycles. The van der Waals surface area contributed by atoms with Crippen molar-refractivity contribution in [2.45, 2.75) is 0 Å². The van der Waals surface area contributed by atoms with Crippen LogP contribution in [0.15, 0.2) is 152 Å². The van der Waals surface area contributed by atoms with Crippen LogP contribution in [0.5, 0.6) is 0 Å².